The van der Waals surface area contributed by atoms with Crippen LogP contribution in [0.25, 0.3) is 0 Å². The van der Waals surface area contributed by atoms with Crippen LogP contribution < -0.4 is 5.32 Å². The number of rotatable bonds is 3. The summed E-state index contributed by atoms with van der Waals surface area (Å²) in [6.45, 7) is 4.95. The van der Waals surface area contributed by atoms with E-state index in [1.165, 1.54) is 4.88 Å². The van der Waals surface area contributed by atoms with Crippen molar-refractivity contribution >= 4 is 23.2 Å². The third kappa shape index (κ3) is 3.77. The Kier molecular flexibility index (Phi) is 5.08. The zero-order valence-corrected chi connectivity index (χ0v) is 12.7. The molecule has 0 aromatic carbocycles. The number of hydrogen-bond donors (Lipinski definition) is 1. The maximum Gasteiger partial charge on any atom is 0.225 e. The lowest BCUT2D eigenvalue weighted by Gasteiger charge is -2.22. The second-order valence-corrected chi connectivity index (χ2v) is 5.95. The Balaban J connectivity index is 2.07. The van der Waals surface area contributed by atoms with Gasteiger partial charge in [0.1, 0.15) is 0 Å². The normalized spacial score (nSPS) is 20.5. The molecule has 20 heavy (non-hydrogen) atoms. The Labute approximate surface area is 122 Å². The molecule has 1 aliphatic rings. The Morgan fingerprint density at radius 2 is 2.25 bits per heavy atom. The average Bonchev–Trinajstić information content (AvgIpc) is 2.83. The lowest BCUT2D eigenvalue weighted by atomic mass is 10.1. The van der Waals surface area contributed by atoms with Crippen molar-refractivity contribution in [3.8, 4) is 0 Å². The van der Waals surface area contributed by atoms with Gasteiger partial charge in [0.15, 0.2) is 0 Å². The maximum atomic E-state index is 12.0. The summed E-state index contributed by atoms with van der Waals surface area (Å²) in [6, 6.07) is 0. The van der Waals surface area contributed by atoms with E-state index >= 15 is 0 Å². The van der Waals surface area contributed by atoms with Crippen molar-refractivity contribution in [1.82, 2.24) is 20.1 Å². The van der Waals surface area contributed by atoms with Crippen molar-refractivity contribution in [3.63, 3.8) is 0 Å². The molecule has 0 unspecified atom stereocenters. The van der Waals surface area contributed by atoms with Gasteiger partial charge in [0, 0.05) is 57.8 Å². The molecule has 1 fully saturated rings. The van der Waals surface area contributed by atoms with E-state index in [1.807, 2.05) is 11.7 Å². The summed E-state index contributed by atoms with van der Waals surface area (Å²) >= 11 is 1.61. The van der Waals surface area contributed by atoms with Crippen molar-refractivity contribution in [2.24, 2.45) is 5.92 Å². The molecule has 1 atom stereocenters. The molecule has 1 aromatic rings. The van der Waals surface area contributed by atoms with Crippen LogP contribution in [0.3, 0.4) is 0 Å². The topological polar surface area (TPSA) is 65.5 Å². The predicted octanol–water partition coefficient (Wildman–Crippen LogP) is 0.169. The van der Waals surface area contributed by atoms with Crippen molar-refractivity contribution in [3.05, 3.63) is 16.6 Å². The van der Waals surface area contributed by atoms with Crippen LogP contribution in [-0.2, 0) is 16.1 Å². The van der Waals surface area contributed by atoms with E-state index in [0.717, 1.165) is 13.1 Å². The molecule has 0 saturated carbocycles. The molecule has 0 aliphatic carbocycles. The minimum Gasteiger partial charge on any atom is -0.359 e. The van der Waals surface area contributed by atoms with Gasteiger partial charge in [0.2, 0.25) is 11.8 Å². The molecular weight excluding hydrogens is 276 g/mol. The highest BCUT2D eigenvalue weighted by atomic mass is 32.1. The smallest absolute Gasteiger partial charge is 0.225 e. The number of nitrogens with zero attached hydrogens (tertiary/aromatic N) is 3. The fraction of sp³-hybridized carbons (Fsp3) is 0.615. The molecule has 2 heterocycles. The Morgan fingerprint density at radius 1 is 1.45 bits per heavy atom. The van der Waals surface area contributed by atoms with Crippen LogP contribution in [0, 0.1) is 5.92 Å². The highest BCUT2D eigenvalue weighted by Gasteiger charge is 2.28. The summed E-state index contributed by atoms with van der Waals surface area (Å²) in [4.78, 5) is 32.8. The predicted molar refractivity (Wildman–Crippen MR) is 77.2 cm³/mol. The van der Waals surface area contributed by atoms with E-state index in [2.05, 4.69) is 15.2 Å². The Bertz CT molecular complexity index is 463. The van der Waals surface area contributed by atoms with Gasteiger partial charge in [0.25, 0.3) is 0 Å². The van der Waals surface area contributed by atoms with E-state index in [4.69, 9.17) is 0 Å². The Hall–Kier alpha value is -1.47. The van der Waals surface area contributed by atoms with E-state index in [0.29, 0.717) is 19.6 Å². The number of thiazole rings is 1. The number of hydrogen-bond acceptors (Lipinski definition) is 5. The summed E-state index contributed by atoms with van der Waals surface area (Å²) in [5.41, 5.74) is 1.81. The van der Waals surface area contributed by atoms with Crippen LogP contribution in [0.4, 0.5) is 0 Å². The molecule has 0 radical (unpaired) electrons. The molecule has 0 spiro atoms. The fourth-order valence-electron chi connectivity index (χ4n) is 2.42. The zero-order valence-electron chi connectivity index (χ0n) is 11.8. The minimum atomic E-state index is -0.181. The molecule has 0 bridgehead atoms. The number of nitrogens with one attached hydrogen (secondary N) is 1. The van der Waals surface area contributed by atoms with Gasteiger partial charge in [-0.1, -0.05) is 0 Å². The van der Waals surface area contributed by atoms with Gasteiger partial charge in [0.05, 0.1) is 11.4 Å². The largest absolute Gasteiger partial charge is 0.359 e. The maximum absolute atomic E-state index is 12.0. The van der Waals surface area contributed by atoms with Gasteiger partial charge in [-0.2, -0.15) is 0 Å². The van der Waals surface area contributed by atoms with Crippen LogP contribution in [0.1, 0.15) is 11.8 Å². The molecule has 110 valence electrons. The minimum absolute atomic E-state index is 0.00699. The lowest BCUT2D eigenvalue weighted by molar-refractivity contribution is -0.130. The second kappa shape index (κ2) is 6.81. The molecule has 2 amide bonds. The van der Waals surface area contributed by atoms with E-state index in [9.17, 15) is 9.59 Å². The third-order valence-electron chi connectivity index (χ3n) is 3.53. The lowest BCUT2D eigenvalue weighted by Crippen LogP contribution is -2.40. The zero-order chi connectivity index (χ0) is 14.5. The van der Waals surface area contributed by atoms with Crippen LogP contribution in [-0.4, -0.2) is 59.8 Å². The summed E-state index contributed by atoms with van der Waals surface area (Å²) in [6.07, 6.45) is 1.85. The van der Waals surface area contributed by atoms with Gasteiger partial charge in [-0.15, -0.1) is 11.3 Å². The quantitative estimate of drug-likeness (QED) is 0.863. The molecule has 1 N–H and O–H groups in total. The SMILES string of the molecule is CNC(=O)[C@H]1CN(Cc2cncs2)CCN(C(C)=O)C1. The first-order valence-corrected chi connectivity index (χ1v) is 7.55. The Morgan fingerprint density at radius 3 is 2.85 bits per heavy atom. The molecule has 1 saturated heterocycles. The third-order valence-corrected chi connectivity index (χ3v) is 4.30. The van der Waals surface area contributed by atoms with Gasteiger partial charge in [-0.3, -0.25) is 19.5 Å². The van der Waals surface area contributed by atoms with Crippen molar-refractivity contribution in [2.75, 3.05) is 33.2 Å². The molecule has 7 heteroatoms. The molecule has 6 nitrogen and oxygen atoms in total. The number of aromatic nitrogens is 1. The second-order valence-electron chi connectivity index (χ2n) is 4.98. The number of carbonyl (C=O) groups excluding carboxylic acids is 2. The highest BCUT2D eigenvalue weighted by Crippen LogP contribution is 2.15. The average molecular weight is 296 g/mol. The number of amides is 2. The molecule has 1 aliphatic heterocycles. The van der Waals surface area contributed by atoms with Crippen molar-refractivity contribution in [1.29, 1.82) is 0 Å². The number of carbonyl (C=O) groups is 2. The van der Waals surface area contributed by atoms with Gasteiger partial charge in [-0.05, 0) is 0 Å². The van der Waals surface area contributed by atoms with Crippen molar-refractivity contribution < 1.29 is 9.59 Å². The van der Waals surface area contributed by atoms with Crippen LogP contribution >= 0.6 is 11.3 Å². The van der Waals surface area contributed by atoms with Gasteiger partial charge in [-0.25, -0.2) is 0 Å². The van der Waals surface area contributed by atoms with E-state index in [-0.39, 0.29) is 17.7 Å². The van der Waals surface area contributed by atoms with E-state index < -0.39 is 0 Å². The van der Waals surface area contributed by atoms with Crippen LogP contribution in [0.15, 0.2) is 11.7 Å². The summed E-state index contributed by atoms with van der Waals surface area (Å²) < 4.78 is 0. The van der Waals surface area contributed by atoms with Crippen LogP contribution in [0.5, 0.6) is 0 Å². The first-order chi connectivity index (χ1) is 9.60. The standard InChI is InChI=1S/C13H20N4O2S/c1-10(18)17-4-3-16(8-12-5-15-9-20-12)6-11(7-17)13(19)14-2/h5,9,11H,3-4,6-8H2,1-2H3,(H,14,19)/t11-/m0/s1. The summed E-state index contributed by atoms with van der Waals surface area (Å²) in [7, 11) is 1.64. The molecule has 1 aromatic heterocycles. The fourth-order valence-corrected chi connectivity index (χ4v) is 3.06. The molecule has 2 rings (SSSR count). The van der Waals surface area contributed by atoms with Gasteiger partial charge >= 0.3 is 0 Å². The highest BCUT2D eigenvalue weighted by molar-refractivity contribution is 7.09. The monoisotopic (exact) mass is 296 g/mol. The summed E-state index contributed by atoms with van der Waals surface area (Å²) in [5.74, 6) is -0.162. The van der Waals surface area contributed by atoms with Gasteiger partial charge < -0.3 is 10.2 Å². The molecular formula is C13H20N4O2S. The van der Waals surface area contributed by atoms with Crippen molar-refractivity contribution in [2.45, 2.75) is 13.5 Å². The summed E-state index contributed by atoms with van der Waals surface area (Å²) in [5, 5.41) is 2.69. The van der Waals surface area contributed by atoms with E-state index in [1.54, 1.807) is 30.2 Å². The first kappa shape index (κ1) is 14.9. The first-order valence-electron chi connectivity index (χ1n) is 6.67. The van der Waals surface area contributed by atoms with Crippen LogP contribution in [0.2, 0.25) is 0 Å².